The lowest BCUT2D eigenvalue weighted by molar-refractivity contribution is -0.110. The summed E-state index contributed by atoms with van der Waals surface area (Å²) in [5, 5.41) is 0. The number of alkyl halides is 1. The Balaban J connectivity index is 2.30. The summed E-state index contributed by atoms with van der Waals surface area (Å²) in [5.41, 5.74) is 0. The molecule has 2 aliphatic rings. The van der Waals surface area contributed by atoms with Gasteiger partial charge in [0.25, 0.3) is 0 Å². The second kappa shape index (κ2) is 1.94. The van der Waals surface area contributed by atoms with Crippen LogP contribution in [-0.4, -0.2) is 10.6 Å². The molecule has 1 fully saturated rings. The fraction of sp³-hybridized carbons (Fsp3) is 0.625. The highest BCUT2D eigenvalue weighted by Gasteiger charge is 2.46. The molecule has 1 saturated carbocycles. The van der Waals surface area contributed by atoms with Crippen molar-refractivity contribution in [1.29, 1.82) is 0 Å². The van der Waals surface area contributed by atoms with Gasteiger partial charge < -0.3 is 4.79 Å². The molecule has 0 radical (unpaired) electrons. The first-order valence-corrected chi connectivity index (χ1v) is 4.37. The van der Waals surface area contributed by atoms with Gasteiger partial charge in [0, 0.05) is 0 Å². The number of rotatable bonds is 1. The van der Waals surface area contributed by atoms with Gasteiger partial charge in [-0.15, -0.1) is 0 Å². The van der Waals surface area contributed by atoms with E-state index in [-0.39, 0.29) is 4.32 Å². The molecule has 0 aromatic carbocycles. The minimum absolute atomic E-state index is 0.202. The molecular formula is C8H9BrO. The predicted octanol–water partition coefficient (Wildman–Crippen LogP) is 1.92. The van der Waals surface area contributed by atoms with E-state index in [9.17, 15) is 4.79 Å². The molecule has 0 unspecified atom stereocenters. The molecule has 2 heteroatoms. The molecule has 0 saturated heterocycles. The van der Waals surface area contributed by atoms with Crippen LogP contribution in [0.3, 0.4) is 0 Å². The van der Waals surface area contributed by atoms with Crippen LogP contribution in [0.1, 0.15) is 12.8 Å². The maximum absolute atomic E-state index is 10.6. The summed E-state index contributed by atoms with van der Waals surface area (Å²) in [4.78, 5) is 10.6. The third kappa shape index (κ3) is 0.715. The lowest BCUT2D eigenvalue weighted by Gasteiger charge is -2.21. The fourth-order valence-electron chi connectivity index (χ4n) is 1.97. The quantitative estimate of drug-likeness (QED) is 0.360. The molecule has 2 aliphatic carbocycles. The van der Waals surface area contributed by atoms with Crippen molar-refractivity contribution in [2.45, 2.75) is 17.2 Å². The standard InChI is InChI=1S/C8H9BrO/c9-8(5-10)4-6-1-2-7(8)3-6/h1-2,5-7H,3-4H2/t6-,7-,8-/m0/s1. The van der Waals surface area contributed by atoms with Crippen molar-refractivity contribution < 1.29 is 4.79 Å². The van der Waals surface area contributed by atoms with E-state index < -0.39 is 0 Å². The zero-order valence-corrected chi connectivity index (χ0v) is 7.17. The highest BCUT2D eigenvalue weighted by molar-refractivity contribution is 9.10. The third-order valence-electron chi connectivity index (χ3n) is 2.56. The van der Waals surface area contributed by atoms with Crippen LogP contribution in [0, 0.1) is 11.8 Å². The topological polar surface area (TPSA) is 17.1 Å². The van der Waals surface area contributed by atoms with Crippen molar-refractivity contribution in [3.05, 3.63) is 12.2 Å². The van der Waals surface area contributed by atoms with E-state index in [2.05, 4.69) is 28.1 Å². The normalized spacial score (nSPS) is 50.1. The van der Waals surface area contributed by atoms with Crippen LogP contribution in [-0.2, 0) is 4.79 Å². The lowest BCUT2D eigenvalue weighted by atomic mass is 9.95. The van der Waals surface area contributed by atoms with Gasteiger partial charge in [0.1, 0.15) is 6.29 Å². The lowest BCUT2D eigenvalue weighted by Crippen LogP contribution is -2.27. The smallest absolute Gasteiger partial charge is 0.137 e. The predicted molar refractivity (Wildman–Crippen MR) is 43.1 cm³/mol. The summed E-state index contributed by atoms with van der Waals surface area (Å²) < 4.78 is -0.202. The third-order valence-corrected chi connectivity index (χ3v) is 3.66. The number of fused-ring (bicyclic) bond motifs is 2. The van der Waals surface area contributed by atoms with Crippen molar-refractivity contribution in [3.63, 3.8) is 0 Å². The van der Waals surface area contributed by atoms with Gasteiger partial charge in [0.05, 0.1) is 4.32 Å². The van der Waals surface area contributed by atoms with Gasteiger partial charge in [-0.25, -0.2) is 0 Å². The van der Waals surface area contributed by atoms with Crippen molar-refractivity contribution in [3.8, 4) is 0 Å². The Morgan fingerprint density at radius 1 is 1.60 bits per heavy atom. The fourth-order valence-corrected chi connectivity index (χ4v) is 2.73. The van der Waals surface area contributed by atoms with E-state index in [4.69, 9.17) is 0 Å². The van der Waals surface area contributed by atoms with Crippen LogP contribution >= 0.6 is 15.9 Å². The molecule has 54 valence electrons. The molecule has 0 aromatic rings. The molecule has 2 bridgehead atoms. The number of aldehydes is 1. The van der Waals surface area contributed by atoms with Crippen LogP contribution in [0.5, 0.6) is 0 Å². The maximum atomic E-state index is 10.6. The molecule has 0 N–H and O–H groups in total. The van der Waals surface area contributed by atoms with Gasteiger partial charge in [0.15, 0.2) is 0 Å². The summed E-state index contributed by atoms with van der Waals surface area (Å²) in [6.45, 7) is 0. The zero-order chi connectivity index (χ0) is 7.19. The summed E-state index contributed by atoms with van der Waals surface area (Å²) >= 11 is 3.48. The molecule has 3 atom stereocenters. The molecule has 0 spiro atoms. The second-order valence-corrected chi connectivity index (χ2v) is 4.71. The van der Waals surface area contributed by atoms with Crippen molar-refractivity contribution in [2.24, 2.45) is 11.8 Å². The molecular weight excluding hydrogens is 192 g/mol. The Kier molecular flexibility index (Phi) is 1.28. The summed E-state index contributed by atoms with van der Waals surface area (Å²) in [6, 6.07) is 0. The first-order valence-electron chi connectivity index (χ1n) is 3.58. The second-order valence-electron chi connectivity index (χ2n) is 3.24. The molecule has 0 heterocycles. The van der Waals surface area contributed by atoms with E-state index in [0.29, 0.717) is 11.8 Å². The number of allylic oxidation sites excluding steroid dienone is 2. The van der Waals surface area contributed by atoms with E-state index in [1.54, 1.807) is 0 Å². The Morgan fingerprint density at radius 2 is 2.40 bits per heavy atom. The average Bonchev–Trinajstić information content (AvgIpc) is 2.46. The number of hydrogen-bond acceptors (Lipinski definition) is 1. The summed E-state index contributed by atoms with van der Waals surface area (Å²) in [6.07, 6.45) is 7.62. The van der Waals surface area contributed by atoms with E-state index in [1.165, 1.54) is 6.42 Å². The molecule has 10 heavy (non-hydrogen) atoms. The van der Waals surface area contributed by atoms with Gasteiger partial charge in [0.2, 0.25) is 0 Å². The summed E-state index contributed by atoms with van der Waals surface area (Å²) in [7, 11) is 0. The van der Waals surface area contributed by atoms with Crippen molar-refractivity contribution in [1.82, 2.24) is 0 Å². The van der Waals surface area contributed by atoms with Crippen molar-refractivity contribution in [2.75, 3.05) is 0 Å². The Bertz CT molecular complexity index is 199. The highest BCUT2D eigenvalue weighted by atomic mass is 79.9. The van der Waals surface area contributed by atoms with Gasteiger partial charge in [-0.05, 0) is 24.7 Å². The Labute approximate surface area is 68.6 Å². The summed E-state index contributed by atoms with van der Waals surface area (Å²) in [5.74, 6) is 1.13. The van der Waals surface area contributed by atoms with Crippen LogP contribution in [0.4, 0.5) is 0 Å². The maximum Gasteiger partial charge on any atom is 0.137 e. The molecule has 2 rings (SSSR count). The molecule has 0 amide bonds. The van der Waals surface area contributed by atoms with Gasteiger partial charge in [-0.1, -0.05) is 28.1 Å². The zero-order valence-electron chi connectivity index (χ0n) is 5.59. The van der Waals surface area contributed by atoms with E-state index in [1.807, 2.05) is 0 Å². The van der Waals surface area contributed by atoms with E-state index in [0.717, 1.165) is 12.7 Å². The largest absolute Gasteiger partial charge is 0.302 e. The van der Waals surface area contributed by atoms with Gasteiger partial charge >= 0.3 is 0 Å². The Morgan fingerprint density at radius 3 is 2.70 bits per heavy atom. The number of halogens is 1. The van der Waals surface area contributed by atoms with Crippen molar-refractivity contribution >= 4 is 22.2 Å². The van der Waals surface area contributed by atoms with Crippen LogP contribution in [0.15, 0.2) is 12.2 Å². The van der Waals surface area contributed by atoms with Gasteiger partial charge in [-0.2, -0.15) is 0 Å². The molecule has 0 aromatic heterocycles. The minimum Gasteiger partial charge on any atom is -0.302 e. The van der Waals surface area contributed by atoms with Crippen LogP contribution < -0.4 is 0 Å². The molecule has 0 aliphatic heterocycles. The monoisotopic (exact) mass is 200 g/mol. The van der Waals surface area contributed by atoms with Gasteiger partial charge in [-0.3, -0.25) is 0 Å². The number of carbonyl (C=O) groups excluding carboxylic acids is 1. The van der Waals surface area contributed by atoms with E-state index >= 15 is 0 Å². The Hall–Kier alpha value is -0.110. The van der Waals surface area contributed by atoms with Crippen LogP contribution in [0.25, 0.3) is 0 Å². The number of carbonyl (C=O) groups is 1. The first-order chi connectivity index (χ1) is 4.74. The first kappa shape index (κ1) is 6.59. The van der Waals surface area contributed by atoms with Crippen LogP contribution in [0.2, 0.25) is 0 Å². The number of hydrogen-bond donors (Lipinski definition) is 0. The minimum atomic E-state index is -0.202. The molecule has 1 nitrogen and oxygen atoms in total. The average molecular weight is 201 g/mol. The SMILES string of the molecule is O=C[C@@]1(Br)C[C@H]2C=C[C@H]1C2. The highest BCUT2D eigenvalue weighted by Crippen LogP contribution is 2.49.